The summed E-state index contributed by atoms with van der Waals surface area (Å²) < 4.78 is 0. The van der Waals surface area contributed by atoms with Crippen LogP contribution in [-0.2, 0) is 4.79 Å². The van der Waals surface area contributed by atoms with Crippen LogP contribution < -0.4 is 0 Å². The maximum atomic E-state index is 11.4. The van der Waals surface area contributed by atoms with Crippen LogP contribution in [0.2, 0.25) is 0 Å². The minimum absolute atomic E-state index is 0.199. The summed E-state index contributed by atoms with van der Waals surface area (Å²) in [4.78, 5) is 12.7. The third kappa shape index (κ3) is 1.48. The number of amides is 1. The minimum atomic E-state index is -0.850. The first-order chi connectivity index (χ1) is 6.79. The molecule has 0 aromatic carbocycles. The van der Waals surface area contributed by atoms with Crippen LogP contribution in [0.4, 0.5) is 0 Å². The molecule has 3 heteroatoms. The predicted molar refractivity (Wildman–Crippen MR) is 51.6 cm³/mol. The van der Waals surface area contributed by atoms with E-state index in [-0.39, 0.29) is 5.91 Å². The van der Waals surface area contributed by atoms with Gasteiger partial charge in [0, 0.05) is 18.2 Å². The number of allylic oxidation sites excluding steroid dienone is 3. The Labute approximate surface area is 82.0 Å². The lowest BCUT2D eigenvalue weighted by molar-refractivity contribution is -0.127. The Balaban J connectivity index is 2.24. The summed E-state index contributed by atoms with van der Waals surface area (Å²) in [7, 11) is 0. The second-order valence-electron chi connectivity index (χ2n) is 2.97. The van der Waals surface area contributed by atoms with E-state index in [1.54, 1.807) is 12.2 Å². The molecular weight excluding hydrogens is 178 g/mol. The van der Waals surface area contributed by atoms with E-state index in [4.69, 9.17) is 0 Å². The molecule has 70 valence electrons. The van der Waals surface area contributed by atoms with Crippen molar-refractivity contribution in [1.82, 2.24) is 4.90 Å². The highest BCUT2D eigenvalue weighted by atomic mass is 16.3. The van der Waals surface area contributed by atoms with Gasteiger partial charge in [0.25, 0.3) is 5.91 Å². The average Bonchev–Trinajstić information content (AvgIpc) is 2.45. The fraction of sp³-hybridized carbons (Fsp3) is 0.182. The zero-order valence-electron chi connectivity index (χ0n) is 7.47. The second kappa shape index (κ2) is 3.52. The van der Waals surface area contributed by atoms with Gasteiger partial charge in [-0.25, -0.2) is 0 Å². The monoisotopic (exact) mass is 187 g/mol. The van der Waals surface area contributed by atoms with E-state index in [1.807, 2.05) is 6.08 Å². The van der Waals surface area contributed by atoms with E-state index in [2.05, 4.69) is 11.8 Å². The maximum absolute atomic E-state index is 11.4. The summed E-state index contributed by atoms with van der Waals surface area (Å²) >= 11 is 0. The molecule has 0 saturated carbocycles. The summed E-state index contributed by atoms with van der Waals surface area (Å²) in [6, 6.07) is 0. The molecule has 1 amide bonds. The molecule has 2 aliphatic rings. The molecule has 3 nitrogen and oxygen atoms in total. The number of hydrogen-bond acceptors (Lipinski definition) is 2. The summed E-state index contributed by atoms with van der Waals surface area (Å²) in [6.45, 7) is 0. The van der Waals surface area contributed by atoms with E-state index in [1.165, 1.54) is 17.1 Å². The molecule has 0 saturated heterocycles. The molecule has 1 heterocycles. The molecule has 1 N–H and O–H groups in total. The van der Waals surface area contributed by atoms with Crippen molar-refractivity contribution >= 4 is 5.91 Å². The Morgan fingerprint density at radius 2 is 2.36 bits per heavy atom. The zero-order chi connectivity index (χ0) is 9.97. The standard InChI is InChI=1S/C11H9NO2/c13-10-7-8-11(14)12(10)9-5-3-1-2-4-6-9/h3,5-8,10,13H,4H2. The number of aliphatic hydroxyl groups is 1. The van der Waals surface area contributed by atoms with Crippen molar-refractivity contribution in [2.45, 2.75) is 12.6 Å². The smallest absolute Gasteiger partial charge is 0.253 e. The molecule has 1 unspecified atom stereocenters. The Morgan fingerprint density at radius 3 is 3.07 bits per heavy atom. The molecule has 0 aromatic rings. The largest absolute Gasteiger partial charge is 0.369 e. The number of hydrogen-bond donors (Lipinski definition) is 1. The molecule has 0 radical (unpaired) electrons. The van der Waals surface area contributed by atoms with Crippen molar-refractivity contribution in [1.29, 1.82) is 0 Å². The fourth-order valence-electron chi connectivity index (χ4n) is 1.39. The second-order valence-corrected chi connectivity index (χ2v) is 2.97. The van der Waals surface area contributed by atoms with Gasteiger partial charge in [0.1, 0.15) is 0 Å². The summed E-state index contributed by atoms with van der Waals surface area (Å²) in [5, 5.41) is 9.51. The van der Waals surface area contributed by atoms with Gasteiger partial charge in [-0.1, -0.05) is 11.8 Å². The molecule has 0 spiro atoms. The number of nitrogens with zero attached hydrogens (tertiary/aromatic N) is 1. The third-order valence-corrected chi connectivity index (χ3v) is 2.04. The Kier molecular flexibility index (Phi) is 2.21. The van der Waals surface area contributed by atoms with Crippen LogP contribution in [0.5, 0.6) is 0 Å². The van der Waals surface area contributed by atoms with Crippen LogP contribution >= 0.6 is 0 Å². The third-order valence-electron chi connectivity index (χ3n) is 2.04. The summed E-state index contributed by atoms with van der Waals surface area (Å²) in [5.41, 5.74) is 0.685. The van der Waals surface area contributed by atoms with Gasteiger partial charge in [0.2, 0.25) is 0 Å². The minimum Gasteiger partial charge on any atom is -0.369 e. The predicted octanol–water partition coefficient (Wildman–Crippen LogP) is 0.550. The van der Waals surface area contributed by atoms with Gasteiger partial charge in [-0.2, -0.15) is 0 Å². The molecule has 2 rings (SSSR count). The molecule has 0 bridgehead atoms. The van der Waals surface area contributed by atoms with Crippen LogP contribution in [0.3, 0.4) is 0 Å². The highest BCUT2D eigenvalue weighted by molar-refractivity contribution is 5.92. The van der Waals surface area contributed by atoms with Crippen molar-refractivity contribution in [2.24, 2.45) is 0 Å². The zero-order valence-corrected chi connectivity index (χ0v) is 7.47. The van der Waals surface area contributed by atoms with Gasteiger partial charge in [0.15, 0.2) is 6.23 Å². The van der Waals surface area contributed by atoms with Gasteiger partial charge in [-0.15, -0.1) is 0 Å². The Bertz CT molecular complexity index is 407. The number of rotatable bonds is 1. The molecule has 0 fully saturated rings. The van der Waals surface area contributed by atoms with E-state index in [0.29, 0.717) is 12.1 Å². The first kappa shape index (κ1) is 8.79. The SMILES string of the molecule is O=C1C=CC(O)N1C1=CCC#CC=C1. The van der Waals surface area contributed by atoms with Gasteiger partial charge in [-0.3, -0.25) is 9.69 Å². The highest BCUT2D eigenvalue weighted by Crippen LogP contribution is 2.18. The molecule has 1 aliphatic carbocycles. The number of carbonyl (C=O) groups excluding carboxylic acids is 1. The van der Waals surface area contributed by atoms with E-state index < -0.39 is 6.23 Å². The first-order valence-electron chi connectivity index (χ1n) is 4.33. The van der Waals surface area contributed by atoms with Crippen molar-refractivity contribution in [3.05, 3.63) is 36.1 Å². The normalized spacial score (nSPS) is 24.4. The molecule has 1 atom stereocenters. The highest BCUT2D eigenvalue weighted by Gasteiger charge is 2.25. The van der Waals surface area contributed by atoms with E-state index in [9.17, 15) is 9.90 Å². The molecule has 0 aromatic heterocycles. The van der Waals surface area contributed by atoms with E-state index >= 15 is 0 Å². The van der Waals surface area contributed by atoms with Gasteiger partial charge < -0.3 is 5.11 Å². The number of carbonyl (C=O) groups is 1. The van der Waals surface area contributed by atoms with Gasteiger partial charge in [0.05, 0.1) is 0 Å². The lowest BCUT2D eigenvalue weighted by atomic mass is 10.3. The van der Waals surface area contributed by atoms with Crippen LogP contribution in [-0.4, -0.2) is 22.1 Å². The fourth-order valence-corrected chi connectivity index (χ4v) is 1.39. The first-order valence-corrected chi connectivity index (χ1v) is 4.33. The lowest BCUT2D eigenvalue weighted by Gasteiger charge is -2.21. The topological polar surface area (TPSA) is 40.5 Å². The van der Waals surface area contributed by atoms with Gasteiger partial charge >= 0.3 is 0 Å². The lowest BCUT2D eigenvalue weighted by Crippen LogP contribution is -2.32. The van der Waals surface area contributed by atoms with E-state index in [0.717, 1.165) is 0 Å². The number of aliphatic hydroxyl groups excluding tert-OH is 1. The van der Waals surface area contributed by atoms with Crippen molar-refractivity contribution in [3.8, 4) is 11.8 Å². The van der Waals surface area contributed by atoms with Crippen LogP contribution in [0.15, 0.2) is 36.1 Å². The average molecular weight is 187 g/mol. The van der Waals surface area contributed by atoms with Crippen LogP contribution in [0.1, 0.15) is 6.42 Å². The van der Waals surface area contributed by atoms with Gasteiger partial charge in [-0.05, 0) is 24.3 Å². The van der Waals surface area contributed by atoms with Crippen LogP contribution in [0.25, 0.3) is 0 Å². The molecule has 1 aliphatic heterocycles. The van der Waals surface area contributed by atoms with Crippen molar-refractivity contribution in [3.63, 3.8) is 0 Å². The Hall–Kier alpha value is -1.79. The quantitative estimate of drug-likeness (QED) is 0.609. The summed E-state index contributed by atoms with van der Waals surface area (Å²) in [6.07, 6.45) is 7.80. The Morgan fingerprint density at radius 1 is 1.50 bits per heavy atom. The van der Waals surface area contributed by atoms with Crippen LogP contribution in [0, 0.1) is 11.8 Å². The van der Waals surface area contributed by atoms with Crippen molar-refractivity contribution < 1.29 is 9.90 Å². The molecular formula is C11H9NO2. The summed E-state index contributed by atoms with van der Waals surface area (Å²) in [5.74, 6) is 5.49. The molecule has 14 heavy (non-hydrogen) atoms. The van der Waals surface area contributed by atoms with Crippen molar-refractivity contribution in [2.75, 3.05) is 0 Å². The maximum Gasteiger partial charge on any atom is 0.253 e.